The lowest BCUT2D eigenvalue weighted by molar-refractivity contribution is 0.0341. The zero-order chi connectivity index (χ0) is 21.2. The first kappa shape index (κ1) is 20.1. The minimum atomic E-state index is 0.695. The van der Waals surface area contributed by atoms with E-state index in [1.54, 1.807) is 6.33 Å². The maximum Gasteiger partial charge on any atom is 0.199 e. The Morgan fingerprint density at radius 2 is 1.90 bits per heavy atom. The van der Waals surface area contributed by atoms with E-state index in [1.807, 2.05) is 10.9 Å². The Labute approximate surface area is 186 Å². The molecule has 2 aromatic heterocycles. The Kier molecular flexibility index (Phi) is 5.67. The fourth-order valence-electron chi connectivity index (χ4n) is 4.24. The maximum absolute atomic E-state index is 5.82. The highest BCUT2D eigenvalue weighted by molar-refractivity contribution is 7.71. The number of nitrogens with zero attached hydrogens (tertiary/aromatic N) is 5. The number of aryl methyl sites for hydroxylation is 1. The molecule has 5 rings (SSSR count). The predicted molar refractivity (Wildman–Crippen MR) is 125 cm³/mol. The van der Waals surface area contributed by atoms with Crippen molar-refractivity contribution < 1.29 is 4.74 Å². The zero-order valence-electron chi connectivity index (χ0n) is 17.6. The molecule has 0 unspecified atom stereocenters. The number of morpholine rings is 1. The Morgan fingerprint density at radius 3 is 2.71 bits per heavy atom. The molecule has 0 bridgehead atoms. The zero-order valence-corrected chi connectivity index (χ0v) is 18.4. The van der Waals surface area contributed by atoms with Crippen LogP contribution in [0.25, 0.3) is 21.9 Å². The minimum absolute atomic E-state index is 0.695. The molecule has 1 N–H and O–H groups in total. The third-order valence-electron chi connectivity index (χ3n) is 5.91. The predicted octanol–water partition coefficient (Wildman–Crippen LogP) is 3.71. The number of nitrogens with one attached hydrogen (secondary N) is 1. The summed E-state index contributed by atoms with van der Waals surface area (Å²) in [6, 6.07) is 12.8. The molecule has 0 amide bonds. The third kappa shape index (κ3) is 3.94. The summed E-state index contributed by atoms with van der Waals surface area (Å²) in [5.74, 6) is 0. The molecule has 0 aliphatic carbocycles. The summed E-state index contributed by atoms with van der Waals surface area (Å²) in [5.41, 5.74) is 9.23. The van der Waals surface area contributed by atoms with Gasteiger partial charge in [-0.2, -0.15) is 0 Å². The lowest BCUT2D eigenvalue weighted by atomic mass is 10.1. The second-order valence-electron chi connectivity index (χ2n) is 7.78. The second-order valence-corrected chi connectivity index (χ2v) is 8.14. The number of imidazole rings is 1. The first-order valence-corrected chi connectivity index (χ1v) is 11.1. The quantitative estimate of drug-likeness (QED) is 0.467. The summed E-state index contributed by atoms with van der Waals surface area (Å²) >= 11 is 5.82. The molecule has 0 saturated carbocycles. The summed E-state index contributed by atoms with van der Waals surface area (Å²) in [6.45, 7) is 8.12. The highest BCUT2D eigenvalue weighted by atomic mass is 32.1. The van der Waals surface area contributed by atoms with Gasteiger partial charge >= 0.3 is 0 Å². The van der Waals surface area contributed by atoms with Gasteiger partial charge in [0.1, 0.15) is 6.33 Å². The standard InChI is InChI=1S/C23H26N6OS/c1-2-28-21-12-20-19(13-24-16-25-20)11-22(21)29(23(28)31)26-14-17-5-3-4-6-18(17)15-27-7-9-30-10-8-27/h3-6,11-13,16,26H,2,7-10,14-15H2,1H3. The van der Waals surface area contributed by atoms with E-state index in [1.165, 1.54) is 11.1 Å². The average Bonchev–Trinajstić information content (AvgIpc) is 3.07. The van der Waals surface area contributed by atoms with Crippen molar-refractivity contribution in [3.63, 3.8) is 0 Å². The van der Waals surface area contributed by atoms with Crippen LogP contribution in [-0.2, 0) is 24.4 Å². The van der Waals surface area contributed by atoms with Crippen LogP contribution >= 0.6 is 12.2 Å². The van der Waals surface area contributed by atoms with Crippen molar-refractivity contribution in [2.24, 2.45) is 0 Å². The van der Waals surface area contributed by atoms with Gasteiger partial charge in [-0.3, -0.25) is 4.90 Å². The van der Waals surface area contributed by atoms with E-state index >= 15 is 0 Å². The van der Waals surface area contributed by atoms with Gasteiger partial charge < -0.3 is 14.7 Å². The molecular formula is C23H26N6OS. The van der Waals surface area contributed by atoms with Crippen LogP contribution in [0.1, 0.15) is 18.1 Å². The van der Waals surface area contributed by atoms with E-state index in [0.717, 1.165) is 66.1 Å². The van der Waals surface area contributed by atoms with Gasteiger partial charge in [0, 0.05) is 37.8 Å². The first-order chi connectivity index (χ1) is 15.2. The molecule has 4 aromatic rings. The maximum atomic E-state index is 5.82. The second kappa shape index (κ2) is 8.74. The van der Waals surface area contributed by atoms with Crippen molar-refractivity contribution >= 4 is 34.2 Å². The molecule has 0 spiro atoms. The van der Waals surface area contributed by atoms with Crippen LogP contribution in [0.3, 0.4) is 0 Å². The molecule has 1 saturated heterocycles. The van der Waals surface area contributed by atoms with Gasteiger partial charge in [-0.15, -0.1) is 0 Å². The lowest BCUT2D eigenvalue weighted by Gasteiger charge is -2.27. The van der Waals surface area contributed by atoms with Gasteiger partial charge in [-0.05, 0) is 42.4 Å². The molecule has 0 radical (unpaired) electrons. The third-order valence-corrected chi connectivity index (χ3v) is 6.32. The van der Waals surface area contributed by atoms with E-state index in [9.17, 15) is 0 Å². The van der Waals surface area contributed by atoms with Gasteiger partial charge in [0.05, 0.1) is 36.3 Å². The molecule has 1 aliphatic rings. The summed E-state index contributed by atoms with van der Waals surface area (Å²) in [7, 11) is 0. The van der Waals surface area contributed by atoms with Crippen LogP contribution in [0.5, 0.6) is 0 Å². The molecule has 7 nitrogen and oxygen atoms in total. The normalized spacial score (nSPS) is 15.0. The van der Waals surface area contributed by atoms with Crippen molar-refractivity contribution in [1.82, 2.24) is 24.1 Å². The highest BCUT2D eigenvalue weighted by Crippen LogP contribution is 2.23. The topological polar surface area (TPSA) is 60.1 Å². The van der Waals surface area contributed by atoms with E-state index in [-0.39, 0.29) is 0 Å². The highest BCUT2D eigenvalue weighted by Gasteiger charge is 2.14. The lowest BCUT2D eigenvalue weighted by Crippen LogP contribution is -2.36. The van der Waals surface area contributed by atoms with Crippen LogP contribution < -0.4 is 5.43 Å². The Hall–Kier alpha value is -2.81. The van der Waals surface area contributed by atoms with Gasteiger partial charge in [-0.25, -0.2) is 14.6 Å². The molecule has 31 heavy (non-hydrogen) atoms. The smallest absolute Gasteiger partial charge is 0.199 e. The largest absolute Gasteiger partial charge is 0.379 e. The molecule has 1 fully saturated rings. The number of rotatable bonds is 6. The number of hydrogen-bond acceptors (Lipinski definition) is 6. The van der Waals surface area contributed by atoms with Gasteiger partial charge in [-0.1, -0.05) is 24.3 Å². The van der Waals surface area contributed by atoms with E-state index in [2.05, 4.69) is 68.2 Å². The van der Waals surface area contributed by atoms with Gasteiger partial charge in [0.25, 0.3) is 0 Å². The van der Waals surface area contributed by atoms with E-state index in [4.69, 9.17) is 17.0 Å². The molecule has 2 aromatic carbocycles. The SMILES string of the molecule is CCn1c(=S)n(NCc2ccccc2CN2CCOCC2)c2cc3cncnc3cc21. The number of hydrogen-bond donors (Lipinski definition) is 1. The van der Waals surface area contributed by atoms with Crippen LogP contribution in [0.2, 0.25) is 0 Å². The van der Waals surface area contributed by atoms with Crippen molar-refractivity contribution in [3.8, 4) is 0 Å². The molecular weight excluding hydrogens is 408 g/mol. The molecule has 0 atom stereocenters. The Morgan fingerprint density at radius 1 is 1.10 bits per heavy atom. The number of aromatic nitrogens is 4. The van der Waals surface area contributed by atoms with Crippen molar-refractivity contribution in [2.45, 2.75) is 26.6 Å². The Bertz CT molecular complexity index is 1270. The molecule has 160 valence electrons. The summed E-state index contributed by atoms with van der Waals surface area (Å²) < 4.78 is 10.4. The van der Waals surface area contributed by atoms with Crippen LogP contribution in [0.4, 0.5) is 0 Å². The van der Waals surface area contributed by atoms with Crippen LogP contribution in [0.15, 0.2) is 48.9 Å². The number of benzene rings is 2. The monoisotopic (exact) mass is 434 g/mol. The van der Waals surface area contributed by atoms with Crippen LogP contribution in [0, 0.1) is 4.77 Å². The van der Waals surface area contributed by atoms with Crippen molar-refractivity contribution in [3.05, 3.63) is 64.8 Å². The Balaban J connectivity index is 1.47. The average molecular weight is 435 g/mol. The fourth-order valence-corrected chi connectivity index (χ4v) is 4.63. The molecule has 8 heteroatoms. The molecule has 3 heterocycles. The number of fused-ring (bicyclic) bond motifs is 2. The van der Waals surface area contributed by atoms with Gasteiger partial charge in [0.15, 0.2) is 4.77 Å². The molecule has 1 aliphatic heterocycles. The van der Waals surface area contributed by atoms with Crippen molar-refractivity contribution in [1.29, 1.82) is 0 Å². The minimum Gasteiger partial charge on any atom is -0.379 e. The van der Waals surface area contributed by atoms with E-state index in [0.29, 0.717) is 6.54 Å². The van der Waals surface area contributed by atoms with Gasteiger partial charge in [0.2, 0.25) is 0 Å². The summed E-state index contributed by atoms with van der Waals surface area (Å²) in [5, 5.41) is 1.00. The van der Waals surface area contributed by atoms with E-state index < -0.39 is 0 Å². The fraction of sp³-hybridized carbons (Fsp3) is 0.348. The first-order valence-electron chi connectivity index (χ1n) is 10.7. The summed E-state index contributed by atoms with van der Waals surface area (Å²) in [6.07, 6.45) is 3.43. The van der Waals surface area contributed by atoms with Crippen molar-refractivity contribution in [2.75, 3.05) is 31.7 Å². The van der Waals surface area contributed by atoms with Crippen LogP contribution in [-0.4, -0.2) is 50.4 Å². The summed E-state index contributed by atoms with van der Waals surface area (Å²) in [4.78, 5) is 11.0. The number of ether oxygens (including phenoxy) is 1.